The molecule has 0 amide bonds. The summed E-state index contributed by atoms with van der Waals surface area (Å²) in [5, 5.41) is 5.92. The summed E-state index contributed by atoms with van der Waals surface area (Å²) in [5.74, 6) is 1.73. The molecule has 3 aromatic rings. The summed E-state index contributed by atoms with van der Waals surface area (Å²) in [5.41, 5.74) is 0.799. The van der Waals surface area contributed by atoms with Gasteiger partial charge in [0.2, 0.25) is 0 Å². The zero-order valence-electron chi connectivity index (χ0n) is 16.4. The van der Waals surface area contributed by atoms with E-state index in [-0.39, 0.29) is 0 Å². The van der Waals surface area contributed by atoms with Crippen molar-refractivity contribution < 1.29 is 0 Å². The molecule has 6 nitrogen and oxygen atoms in total. The van der Waals surface area contributed by atoms with Crippen LogP contribution in [-0.2, 0) is 13.2 Å². The highest BCUT2D eigenvalue weighted by atomic mass is 35.5. The number of rotatable bonds is 6. The number of piperazine rings is 1. The molecule has 0 aliphatic carbocycles. The molecule has 3 heterocycles. The highest BCUT2D eigenvalue weighted by Crippen LogP contribution is 2.29. The maximum Gasteiger partial charge on any atom is 0.199 e. The summed E-state index contributed by atoms with van der Waals surface area (Å²) in [6.07, 6.45) is 3.64. The van der Waals surface area contributed by atoms with Crippen LogP contribution >= 0.6 is 35.4 Å². The quantitative estimate of drug-likeness (QED) is 0.392. The third kappa shape index (κ3) is 4.44. The number of hydrogen-bond acceptors (Lipinski definition) is 5. The average Bonchev–Trinajstić information content (AvgIpc) is 3.05. The summed E-state index contributed by atoms with van der Waals surface area (Å²) < 4.78 is 4.44. The predicted molar refractivity (Wildman–Crippen MR) is 125 cm³/mol. The molecule has 0 radical (unpaired) electrons. The van der Waals surface area contributed by atoms with Crippen molar-refractivity contribution in [2.45, 2.75) is 13.2 Å². The predicted octanol–water partition coefficient (Wildman–Crippen LogP) is 4.75. The van der Waals surface area contributed by atoms with Crippen LogP contribution in [0.5, 0.6) is 0 Å². The Hall–Kier alpha value is -2.19. The van der Waals surface area contributed by atoms with Crippen molar-refractivity contribution >= 4 is 41.2 Å². The standard InChI is InChI=1S/C21H22Cl2N6S/c1-2-9-28-20(17-7-6-16(22)14-18(17)23)25-29(21(28)30)15-26-10-12-27(13-11-26)19-5-3-4-8-24-19/h2-8,14H,1,9-13,15H2. The molecule has 0 unspecified atom stereocenters. The van der Waals surface area contributed by atoms with Crippen molar-refractivity contribution in [3.05, 3.63) is 70.1 Å². The first-order chi connectivity index (χ1) is 14.6. The van der Waals surface area contributed by atoms with Gasteiger partial charge >= 0.3 is 0 Å². The van der Waals surface area contributed by atoms with Crippen LogP contribution in [0, 0.1) is 4.77 Å². The molecular formula is C21H22Cl2N6S. The number of hydrogen-bond donors (Lipinski definition) is 0. The number of halogens is 2. The van der Waals surface area contributed by atoms with Gasteiger partial charge in [-0.3, -0.25) is 9.47 Å². The van der Waals surface area contributed by atoms with E-state index in [4.69, 9.17) is 40.5 Å². The van der Waals surface area contributed by atoms with Gasteiger partial charge in [-0.2, -0.15) is 5.10 Å². The lowest BCUT2D eigenvalue weighted by atomic mass is 10.2. The molecule has 1 fully saturated rings. The van der Waals surface area contributed by atoms with E-state index >= 15 is 0 Å². The summed E-state index contributed by atoms with van der Waals surface area (Å²) in [6.45, 7) is 8.66. The number of aromatic nitrogens is 4. The maximum atomic E-state index is 6.44. The molecule has 2 aromatic heterocycles. The van der Waals surface area contributed by atoms with Crippen molar-refractivity contribution in [3.63, 3.8) is 0 Å². The van der Waals surface area contributed by atoms with E-state index in [9.17, 15) is 0 Å². The fourth-order valence-electron chi connectivity index (χ4n) is 3.55. The van der Waals surface area contributed by atoms with Gasteiger partial charge in [0.05, 0.1) is 11.7 Å². The lowest BCUT2D eigenvalue weighted by Crippen LogP contribution is -2.47. The Balaban J connectivity index is 1.54. The molecule has 1 aromatic carbocycles. The Morgan fingerprint density at radius 3 is 2.57 bits per heavy atom. The molecule has 0 saturated carbocycles. The van der Waals surface area contributed by atoms with E-state index in [0.29, 0.717) is 33.9 Å². The number of pyridine rings is 1. The second-order valence-electron chi connectivity index (χ2n) is 7.06. The molecule has 4 rings (SSSR count). The van der Waals surface area contributed by atoms with E-state index in [1.54, 1.807) is 18.2 Å². The smallest absolute Gasteiger partial charge is 0.199 e. The van der Waals surface area contributed by atoms with Crippen molar-refractivity contribution in [1.82, 2.24) is 24.2 Å². The summed E-state index contributed by atoms with van der Waals surface area (Å²) in [6, 6.07) is 11.4. The molecule has 0 atom stereocenters. The summed E-state index contributed by atoms with van der Waals surface area (Å²) in [4.78, 5) is 9.09. The van der Waals surface area contributed by atoms with Crippen LogP contribution in [-0.4, -0.2) is 50.4 Å². The van der Waals surface area contributed by atoms with Crippen LogP contribution in [0.2, 0.25) is 10.0 Å². The van der Waals surface area contributed by atoms with Crippen molar-refractivity contribution in [1.29, 1.82) is 0 Å². The van der Waals surface area contributed by atoms with E-state index < -0.39 is 0 Å². The zero-order chi connectivity index (χ0) is 21.1. The van der Waals surface area contributed by atoms with Gasteiger partial charge in [0, 0.05) is 49.5 Å². The van der Waals surface area contributed by atoms with Crippen LogP contribution in [0.25, 0.3) is 11.4 Å². The lowest BCUT2D eigenvalue weighted by molar-refractivity contribution is 0.194. The Kier molecular flexibility index (Phi) is 6.53. The van der Waals surface area contributed by atoms with Gasteiger partial charge in [-0.1, -0.05) is 35.3 Å². The van der Waals surface area contributed by atoms with Gasteiger partial charge < -0.3 is 4.90 Å². The topological polar surface area (TPSA) is 42.1 Å². The number of allylic oxidation sites excluding steroid dienone is 1. The van der Waals surface area contributed by atoms with Crippen LogP contribution in [0.3, 0.4) is 0 Å². The van der Waals surface area contributed by atoms with Crippen LogP contribution in [0.4, 0.5) is 5.82 Å². The molecule has 156 valence electrons. The zero-order valence-corrected chi connectivity index (χ0v) is 18.7. The van der Waals surface area contributed by atoms with E-state index in [2.05, 4.69) is 21.4 Å². The van der Waals surface area contributed by atoms with Crippen LogP contribution in [0.15, 0.2) is 55.3 Å². The van der Waals surface area contributed by atoms with Crippen molar-refractivity contribution in [3.8, 4) is 11.4 Å². The summed E-state index contributed by atoms with van der Waals surface area (Å²) >= 11 is 18.2. The molecular weight excluding hydrogens is 439 g/mol. The van der Waals surface area contributed by atoms with Crippen molar-refractivity contribution in [2.24, 2.45) is 0 Å². The molecule has 0 spiro atoms. The molecule has 9 heteroatoms. The first-order valence-electron chi connectivity index (χ1n) is 9.69. The molecule has 0 bridgehead atoms. The Morgan fingerprint density at radius 1 is 1.10 bits per heavy atom. The SMILES string of the molecule is C=CCn1c(-c2ccc(Cl)cc2Cl)nn(CN2CCN(c3ccccn3)CC2)c1=S. The second kappa shape index (κ2) is 9.31. The molecule has 1 aliphatic heterocycles. The highest BCUT2D eigenvalue weighted by molar-refractivity contribution is 7.71. The lowest BCUT2D eigenvalue weighted by Gasteiger charge is -2.35. The van der Waals surface area contributed by atoms with E-state index in [1.165, 1.54) is 0 Å². The Morgan fingerprint density at radius 2 is 1.90 bits per heavy atom. The minimum Gasteiger partial charge on any atom is -0.354 e. The number of benzene rings is 1. The van der Waals surface area contributed by atoms with Gasteiger partial charge in [0.25, 0.3) is 0 Å². The van der Waals surface area contributed by atoms with Gasteiger partial charge in [-0.25, -0.2) is 9.67 Å². The van der Waals surface area contributed by atoms with E-state index in [1.807, 2.05) is 39.7 Å². The van der Waals surface area contributed by atoms with Gasteiger partial charge in [0.15, 0.2) is 10.6 Å². The Bertz CT molecular complexity index is 1090. The number of anilines is 1. The minimum atomic E-state index is 0.545. The second-order valence-corrected chi connectivity index (χ2v) is 8.27. The van der Waals surface area contributed by atoms with Crippen molar-refractivity contribution in [2.75, 3.05) is 31.1 Å². The fourth-order valence-corrected chi connectivity index (χ4v) is 4.30. The van der Waals surface area contributed by atoms with Crippen LogP contribution in [0.1, 0.15) is 0 Å². The molecule has 30 heavy (non-hydrogen) atoms. The highest BCUT2D eigenvalue weighted by Gasteiger charge is 2.21. The molecule has 0 N–H and O–H groups in total. The van der Waals surface area contributed by atoms with Gasteiger partial charge in [0.1, 0.15) is 5.82 Å². The van der Waals surface area contributed by atoms with Gasteiger partial charge in [-0.15, -0.1) is 6.58 Å². The fraction of sp³-hybridized carbons (Fsp3) is 0.286. The molecule has 1 aliphatic rings. The Labute approximate surface area is 191 Å². The number of nitrogens with zero attached hydrogens (tertiary/aromatic N) is 6. The largest absolute Gasteiger partial charge is 0.354 e. The van der Waals surface area contributed by atoms with E-state index in [0.717, 1.165) is 37.6 Å². The molecule has 1 saturated heterocycles. The maximum absolute atomic E-state index is 6.44. The average molecular weight is 461 g/mol. The third-order valence-corrected chi connectivity index (χ3v) is 6.06. The van der Waals surface area contributed by atoms with Crippen LogP contribution < -0.4 is 4.90 Å². The first-order valence-corrected chi connectivity index (χ1v) is 10.9. The first kappa shape index (κ1) is 21.1. The normalized spacial score (nSPS) is 14.8. The summed E-state index contributed by atoms with van der Waals surface area (Å²) in [7, 11) is 0. The monoisotopic (exact) mass is 460 g/mol. The minimum absolute atomic E-state index is 0.545. The van der Waals surface area contributed by atoms with Gasteiger partial charge in [-0.05, 0) is 42.5 Å². The third-order valence-electron chi connectivity index (χ3n) is 5.09.